The molecule has 2 N–H and O–H groups in total. The van der Waals surface area contributed by atoms with Gasteiger partial charge in [0.1, 0.15) is 12.1 Å². The van der Waals surface area contributed by atoms with Gasteiger partial charge in [-0.3, -0.25) is 10.1 Å². The lowest BCUT2D eigenvalue weighted by atomic mass is 9.87. The molecule has 2 fully saturated rings. The highest BCUT2D eigenvalue weighted by atomic mass is 16.6. The first kappa shape index (κ1) is 16.3. The third kappa shape index (κ3) is 3.50. The van der Waals surface area contributed by atoms with Crippen LogP contribution in [0.3, 0.4) is 0 Å². The maximum Gasteiger partial charge on any atom is 0.410 e. The van der Waals surface area contributed by atoms with Gasteiger partial charge in [0.05, 0.1) is 0 Å². The third-order valence-corrected chi connectivity index (χ3v) is 4.54. The Hall–Kier alpha value is -2.57. The topological polar surface area (TPSA) is 87.7 Å². The van der Waals surface area contributed by atoms with E-state index in [4.69, 9.17) is 4.74 Å². The maximum absolute atomic E-state index is 12.2. The average molecular weight is 331 g/mol. The molecule has 0 atom stereocenters. The van der Waals surface area contributed by atoms with Crippen molar-refractivity contribution in [3.8, 4) is 0 Å². The summed E-state index contributed by atoms with van der Waals surface area (Å²) in [7, 11) is 0. The Balaban J connectivity index is 1.52. The number of hydrogen-bond donors (Lipinski definition) is 2. The number of carbonyl (C=O) groups is 3. The zero-order chi connectivity index (χ0) is 17.0. The van der Waals surface area contributed by atoms with Gasteiger partial charge in [-0.25, -0.2) is 9.59 Å². The summed E-state index contributed by atoms with van der Waals surface area (Å²) in [6, 6.07) is 9.11. The predicted molar refractivity (Wildman–Crippen MR) is 86.1 cm³/mol. The lowest BCUT2D eigenvalue weighted by Crippen LogP contribution is -2.49. The van der Waals surface area contributed by atoms with Gasteiger partial charge in [-0.05, 0) is 31.2 Å². The van der Waals surface area contributed by atoms with Gasteiger partial charge in [0.25, 0.3) is 5.91 Å². The smallest absolute Gasteiger partial charge is 0.410 e. The van der Waals surface area contributed by atoms with Gasteiger partial charge >= 0.3 is 12.1 Å². The number of hydrogen-bond acceptors (Lipinski definition) is 4. The summed E-state index contributed by atoms with van der Waals surface area (Å²) in [5, 5.41) is 5.05. The number of benzene rings is 1. The second-order valence-electron chi connectivity index (χ2n) is 6.22. The number of rotatable bonds is 2. The molecule has 0 aliphatic carbocycles. The summed E-state index contributed by atoms with van der Waals surface area (Å²) in [5.74, 6) is -0.257. The Bertz CT molecular complexity index is 622. The zero-order valence-corrected chi connectivity index (χ0v) is 13.4. The maximum atomic E-state index is 12.2. The van der Waals surface area contributed by atoms with Crippen molar-refractivity contribution >= 4 is 18.0 Å². The molecule has 3 rings (SSSR count). The second-order valence-corrected chi connectivity index (χ2v) is 6.22. The van der Waals surface area contributed by atoms with Crippen LogP contribution in [0.5, 0.6) is 0 Å². The highest BCUT2D eigenvalue weighted by Crippen LogP contribution is 2.26. The summed E-state index contributed by atoms with van der Waals surface area (Å²) >= 11 is 0. The molecule has 0 unspecified atom stereocenters. The fourth-order valence-electron chi connectivity index (χ4n) is 3.25. The number of likely N-dealkylation sites (tertiary alicyclic amines) is 1. The Morgan fingerprint density at radius 3 is 2.38 bits per heavy atom. The lowest BCUT2D eigenvalue weighted by molar-refractivity contribution is -0.124. The predicted octanol–water partition coefficient (Wildman–Crippen LogP) is 1.78. The van der Waals surface area contributed by atoms with Gasteiger partial charge in [-0.2, -0.15) is 0 Å². The van der Waals surface area contributed by atoms with E-state index in [9.17, 15) is 14.4 Å². The number of urea groups is 1. The molecule has 2 saturated heterocycles. The molecule has 2 aliphatic heterocycles. The minimum Gasteiger partial charge on any atom is -0.445 e. The highest BCUT2D eigenvalue weighted by molar-refractivity contribution is 6.07. The molecule has 128 valence electrons. The van der Waals surface area contributed by atoms with E-state index in [-0.39, 0.29) is 18.6 Å². The number of imide groups is 1. The first-order valence-corrected chi connectivity index (χ1v) is 8.18. The van der Waals surface area contributed by atoms with Gasteiger partial charge in [0.15, 0.2) is 0 Å². The van der Waals surface area contributed by atoms with Gasteiger partial charge in [0, 0.05) is 13.1 Å². The summed E-state index contributed by atoms with van der Waals surface area (Å²) in [4.78, 5) is 37.3. The van der Waals surface area contributed by atoms with Crippen molar-refractivity contribution in [2.75, 3.05) is 13.1 Å². The minimum absolute atomic E-state index is 0.249. The van der Waals surface area contributed by atoms with Crippen molar-refractivity contribution in [2.24, 2.45) is 0 Å². The van der Waals surface area contributed by atoms with Gasteiger partial charge < -0.3 is 15.0 Å². The fourth-order valence-corrected chi connectivity index (χ4v) is 3.25. The Morgan fingerprint density at radius 1 is 1.12 bits per heavy atom. The van der Waals surface area contributed by atoms with Crippen LogP contribution in [0, 0.1) is 0 Å². The van der Waals surface area contributed by atoms with Crippen LogP contribution < -0.4 is 10.6 Å². The van der Waals surface area contributed by atoms with Crippen LogP contribution in [-0.2, 0) is 16.1 Å². The molecule has 1 aromatic rings. The zero-order valence-electron chi connectivity index (χ0n) is 13.4. The average Bonchev–Trinajstić information content (AvgIpc) is 2.84. The van der Waals surface area contributed by atoms with E-state index in [2.05, 4.69) is 10.6 Å². The van der Waals surface area contributed by atoms with Crippen LogP contribution in [0.25, 0.3) is 0 Å². The number of ether oxygens (including phenoxy) is 1. The van der Waals surface area contributed by atoms with Gasteiger partial charge in [-0.1, -0.05) is 30.3 Å². The van der Waals surface area contributed by atoms with Crippen molar-refractivity contribution in [1.82, 2.24) is 15.5 Å². The fraction of sp³-hybridized carbons (Fsp3) is 0.471. The molecule has 0 radical (unpaired) electrons. The first-order chi connectivity index (χ1) is 11.6. The van der Waals surface area contributed by atoms with E-state index >= 15 is 0 Å². The van der Waals surface area contributed by atoms with Gasteiger partial charge in [-0.15, -0.1) is 0 Å². The van der Waals surface area contributed by atoms with E-state index in [1.165, 1.54) is 0 Å². The molecule has 2 heterocycles. The Morgan fingerprint density at radius 2 is 1.79 bits per heavy atom. The quantitative estimate of drug-likeness (QED) is 0.809. The third-order valence-electron chi connectivity index (χ3n) is 4.54. The molecule has 2 aliphatic rings. The van der Waals surface area contributed by atoms with Crippen LogP contribution in [0.4, 0.5) is 9.59 Å². The van der Waals surface area contributed by atoms with Crippen LogP contribution in [-0.4, -0.2) is 41.6 Å². The first-order valence-electron chi connectivity index (χ1n) is 8.18. The summed E-state index contributed by atoms with van der Waals surface area (Å²) in [5.41, 5.74) is 0.138. The SMILES string of the molecule is O=C1NC(=O)C2(CCCN(C(=O)OCc3ccccc3)CCC2)N1. The molecule has 1 spiro atoms. The highest BCUT2D eigenvalue weighted by Gasteiger charge is 2.45. The molecule has 1 aromatic carbocycles. The van der Waals surface area contributed by atoms with Crippen molar-refractivity contribution in [1.29, 1.82) is 0 Å². The number of nitrogens with zero attached hydrogens (tertiary/aromatic N) is 1. The monoisotopic (exact) mass is 331 g/mol. The van der Waals surface area contributed by atoms with E-state index in [0.717, 1.165) is 5.56 Å². The lowest BCUT2D eigenvalue weighted by Gasteiger charge is -2.32. The van der Waals surface area contributed by atoms with Crippen LogP contribution in [0.1, 0.15) is 31.2 Å². The largest absolute Gasteiger partial charge is 0.445 e. The summed E-state index contributed by atoms with van der Waals surface area (Å²) in [6.45, 7) is 1.27. The second kappa shape index (κ2) is 6.90. The number of nitrogens with one attached hydrogen (secondary N) is 2. The Kier molecular flexibility index (Phi) is 4.69. The minimum atomic E-state index is -0.808. The van der Waals surface area contributed by atoms with Crippen molar-refractivity contribution in [2.45, 2.75) is 37.8 Å². The van der Waals surface area contributed by atoms with E-state index < -0.39 is 11.6 Å². The molecular weight excluding hydrogens is 310 g/mol. The normalized spacial score (nSPS) is 20.1. The van der Waals surface area contributed by atoms with E-state index in [1.54, 1.807) is 4.90 Å². The van der Waals surface area contributed by atoms with E-state index in [0.29, 0.717) is 38.8 Å². The standard InChI is InChI=1S/C17H21N3O4/c21-14-17(19-15(22)18-14)8-4-10-20(11-5-9-17)16(23)24-12-13-6-2-1-3-7-13/h1-3,6-7H,4-5,8-12H2,(H2,18,19,21,22). The van der Waals surface area contributed by atoms with E-state index in [1.807, 2.05) is 30.3 Å². The molecule has 0 bridgehead atoms. The van der Waals surface area contributed by atoms with Crippen LogP contribution >= 0.6 is 0 Å². The van der Waals surface area contributed by atoms with Gasteiger partial charge in [0.2, 0.25) is 0 Å². The molecule has 4 amide bonds. The molecule has 0 saturated carbocycles. The van der Waals surface area contributed by atoms with Crippen molar-refractivity contribution in [3.05, 3.63) is 35.9 Å². The van der Waals surface area contributed by atoms with Crippen molar-refractivity contribution < 1.29 is 19.1 Å². The Labute approximate surface area is 140 Å². The molecule has 7 nitrogen and oxygen atoms in total. The molecule has 24 heavy (non-hydrogen) atoms. The summed E-state index contributed by atoms with van der Waals surface area (Å²) in [6.07, 6.45) is 1.97. The molecule has 7 heteroatoms. The number of amides is 4. The van der Waals surface area contributed by atoms with Crippen molar-refractivity contribution in [3.63, 3.8) is 0 Å². The molecule has 0 aromatic heterocycles. The van der Waals surface area contributed by atoms with Crippen LogP contribution in [0.15, 0.2) is 30.3 Å². The number of carbonyl (C=O) groups excluding carboxylic acids is 3. The molecular formula is C17H21N3O4. The summed E-state index contributed by atoms with van der Waals surface area (Å²) < 4.78 is 5.36. The van der Waals surface area contributed by atoms with Crippen LogP contribution in [0.2, 0.25) is 0 Å².